The topological polar surface area (TPSA) is 72.5 Å². The molecule has 5 nitrogen and oxygen atoms in total. The number of ketones is 1. The number of thiophene rings is 1. The molecule has 6 heteroatoms. The predicted molar refractivity (Wildman–Crippen MR) is 99.9 cm³/mol. The second kappa shape index (κ2) is 11.0. The van der Waals surface area contributed by atoms with Gasteiger partial charge < -0.3 is 10.1 Å². The maximum absolute atomic E-state index is 11.9. The van der Waals surface area contributed by atoms with E-state index in [0.717, 1.165) is 24.1 Å². The van der Waals surface area contributed by atoms with Crippen molar-refractivity contribution < 1.29 is 19.1 Å². The van der Waals surface area contributed by atoms with Crippen LogP contribution in [-0.4, -0.2) is 30.3 Å². The minimum atomic E-state index is -0.524. The van der Waals surface area contributed by atoms with Crippen LogP contribution in [-0.2, 0) is 14.3 Å². The molecule has 1 N–H and O–H groups in total. The highest BCUT2D eigenvalue weighted by atomic mass is 32.1. The van der Waals surface area contributed by atoms with Gasteiger partial charge >= 0.3 is 5.97 Å². The minimum absolute atomic E-state index is 0.00694. The summed E-state index contributed by atoms with van der Waals surface area (Å²) < 4.78 is 4.94. The third-order valence-corrected chi connectivity index (χ3v) is 4.80. The molecular formula is C19H29NO4S. The van der Waals surface area contributed by atoms with Crippen LogP contribution >= 0.6 is 11.3 Å². The first-order valence-electron chi connectivity index (χ1n) is 8.82. The molecule has 0 saturated heterocycles. The summed E-state index contributed by atoms with van der Waals surface area (Å²) in [6.45, 7) is 7.93. The zero-order valence-corrected chi connectivity index (χ0v) is 16.4. The first kappa shape index (κ1) is 21.4. The zero-order valence-electron chi connectivity index (χ0n) is 15.6. The van der Waals surface area contributed by atoms with Gasteiger partial charge in [-0.15, -0.1) is 11.3 Å². The SMILES string of the molecule is Cc1ccc(C(=O)CCC(=O)OCC(=O)NC(C)CCCC(C)C)s1. The van der Waals surface area contributed by atoms with E-state index in [2.05, 4.69) is 19.2 Å². The highest BCUT2D eigenvalue weighted by Crippen LogP contribution is 2.17. The van der Waals surface area contributed by atoms with Crippen LogP contribution in [0.5, 0.6) is 0 Å². The molecule has 0 aliphatic carbocycles. The summed E-state index contributed by atoms with van der Waals surface area (Å²) in [5.74, 6) is -0.238. The summed E-state index contributed by atoms with van der Waals surface area (Å²) in [7, 11) is 0. The van der Waals surface area contributed by atoms with Gasteiger partial charge in [-0.2, -0.15) is 0 Å². The van der Waals surface area contributed by atoms with Crippen LogP contribution < -0.4 is 5.32 Å². The van der Waals surface area contributed by atoms with Crippen molar-refractivity contribution >= 4 is 29.0 Å². The normalized spacial score (nSPS) is 12.0. The Labute approximate surface area is 154 Å². The van der Waals surface area contributed by atoms with E-state index in [1.807, 2.05) is 19.9 Å². The van der Waals surface area contributed by atoms with Crippen LogP contribution in [0.2, 0.25) is 0 Å². The molecule has 0 spiro atoms. The lowest BCUT2D eigenvalue weighted by molar-refractivity contribution is -0.148. The second-order valence-electron chi connectivity index (χ2n) is 6.79. The van der Waals surface area contributed by atoms with E-state index in [1.54, 1.807) is 6.07 Å². The quantitative estimate of drug-likeness (QED) is 0.476. The van der Waals surface area contributed by atoms with Crippen molar-refractivity contribution in [3.05, 3.63) is 21.9 Å². The van der Waals surface area contributed by atoms with Crippen LogP contribution in [0.3, 0.4) is 0 Å². The van der Waals surface area contributed by atoms with Crippen LogP contribution in [0, 0.1) is 12.8 Å². The fourth-order valence-corrected chi connectivity index (χ4v) is 3.20. The number of Topliss-reactive ketones (excluding diaryl/α,β-unsaturated/α-hetero) is 1. The molecule has 1 amide bonds. The number of esters is 1. The standard InChI is InChI=1S/C19H29NO4S/c1-13(2)6-5-7-14(3)20-18(22)12-24-19(23)11-9-16(21)17-10-8-15(4)25-17/h8,10,13-14H,5-7,9,11-12H2,1-4H3,(H,20,22). The summed E-state index contributed by atoms with van der Waals surface area (Å²) in [5, 5.41) is 2.82. The molecule has 1 aromatic rings. The number of nitrogens with one attached hydrogen (secondary N) is 1. The molecule has 25 heavy (non-hydrogen) atoms. The van der Waals surface area contributed by atoms with Gasteiger partial charge in [-0.25, -0.2) is 0 Å². The molecule has 1 aromatic heterocycles. The lowest BCUT2D eigenvalue weighted by Crippen LogP contribution is -2.35. The van der Waals surface area contributed by atoms with Crippen molar-refractivity contribution in [2.75, 3.05) is 6.61 Å². The number of aryl methyl sites for hydroxylation is 1. The highest BCUT2D eigenvalue weighted by molar-refractivity contribution is 7.14. The van der Waals surface area contributed by atoms with Crippen LogP contribution in [0.25, 0.3) is 0 Å². The van der Waals surface area contributed by atoms with Gasteiger partial charge in [0, 0.05) is 17.3 Å². The van der Waals surface area contributed by atoms with Crippen molar-refractivity contribution in [3.63, 3.8) is 0 Å². The Balaban J connectivity index is 2.18. The van der Waals surface area contributed by atoms with Gasteiger partial charge in [-0.1, -0.05) is 26.7 Å². The van der Waals surface area contributed by atoms with Gasteiger partial charge in [0.05, 0.1) is 11.3 Å². The van der Waals surface area contributed by atoms with Crippen molar-refractivity contribution in [2.24, 2.45) is 5.92 Å². The molecule has 0 fully saturated rings. The van der Waals surface area contributed by atoms with Gasteiger partial charge in [0.2, 0.25) is 0 Å². The van der Waals surface area contributed by atoms with E-state index < -0.39 is 5.97 Å². The first-order valence-corrected chi connectivity index (χ1v) is 9.64. The van der Waals surface area contributed by atoms with Crippen molar-refractivity contribution in [1.29, 1.82) is 0 Å². The number of carbonyl (C=O) groups excluding carboxylic acids is 3. The maximum atomic E-state index is 11.9. The maximum Gasteiger partial charge on any atom is 0.306 e. The smallest absolute Gasteiger partial charge is 0.306 e. The number of hydrogen-bond donors (Lipinski definition) is 1. The lowest BCUT2D eigenvalue weighted by atomic mass is 10.0. The Bertz CT molecular complexity index is 580. The van der Waals surface area contributed by atoms with Gasteiger partial charge in [0.25, 0.3) is 5.91 Å². The van der Waals surface area contributed by atoms with Gasteiger partial charge in [-0.3, -0.25) is 14.4 Å². The summed E-state index contributed by atoms with van der Waals surface area (Å²) in [6.07, 6.45) is 3.20. The van der Waals surface area contributed by atoms with E-state index >= 15 is 0 Å². The number of hydrogen-bond acceptors (Lipinski definition) is 5. The zero-order chi connectivity index (χ0) is 18.8. The van der Waals surface area contributed by atoms with Gasteiger partial charge in [-0.05, 0) is 38.3 Å². The Kier molecular flexibility index (Phi) is 9.42. The molecule has 140 valence electrons. The molecule has 0 aromatic carbocycles. The largest absolute Gasteiger partial charge is 0.456 e. The second-order valence-corrected chi connectivity index (χ2v) is 8.08. The van der Waals surface area contributed by atoms with E-state index in [9.17, 15) is 14.4 Å². The molecule has 1 atom stereocenters. The number of carbonyl (C=O) groups is 3. The first-order chi connectivity index (χ1) is 11.8. The summed E-state index contributed by atoms with van der Waals surface area (Å²) in [6, 6.07) is 3.71. The van der Waals surface area contributed by atoms with Crippen LogP contribution in [0.4, 0.5) is 0 Å². The molecule has 0 aliphatic rings. The van der Waals surface area contributed by atoms with E-state index in [4.69, 9.17) is 4.74 Å². The fourth-order valence-electron chi connectivity index (χ4n) is 2.36. The molecule has 1 heterocycles. The third-order valence-electron chi connectivity index (χ3n) is 3.76. The molecule has 0 bridgehead atoms. The molecule has 1 rings (SSSR count). The summed E-state index contributed by atoms with van der Waals surface area (Å²) in [4.78, 5) is 37.1. The molecule has 1 unspecified atom stereocenters. The highest BCUT2D eigenvalue weighted by Gasteiger charge is 2.14. The van der Waals surface area contributed by atoms with Gasteiger partial charge in [0.1, 0.15) is 0 Å². The number of ether oxygens (including phenoxy) is 1. The minimum Gasteiger partial charge on any atom is -0.456 e. The third kappa shape index (κ3) is 9.39. The van der Waals surface area contributed by atoms with Crippen molar-refractivity contribution in [2.45, 2.75) is 65.8 Å². The lowest BCUT2D eigenvalue weighted by Gasteiger charge is -2.14. The van der Waals surface area contributed by atoms with E-state index in [1.165, 1.54) is 11.3 Å². The monoisotopic (exact) mass is 367 g/mol. The number of rotatable bonds is 11. The average molecular weight is 368 g/mol. The van der Waals surface area contributed by atoms with Crippen LogP contribution in [0.15, 0.2) is 12.1 Å². The molecule has 0 radical (unpaired) electrons. The Morgan fingerprint density at radius 2 is 1.84 bits per heavy atom. The van der Waals surface area contributed by atoms with Crippen molar-refractivity contribution in [1.82, 2.24) is 5.32 Å². The van der Waals surface area contributed by atoms with Gasteiger partial charge in [0.15, 0.2) is 12.4 Å². The Morgan fingerprint density at radius 1 is 1.12 bits per heavy atom. The fraction of sp³-hybridized carbons (Fsp3) is 0.632. The van der Waals surface area contributed by atoms with Crippen molar-refractivity contribution in [3.8, 4) is 0 Å². The Hall–Kier alpha value is -1.69. The average Bonchev–Trinajstić information content (AvgIpc) is 2.96. The molecule has 0 saturated carbocycles. The number of amides is 1. The molecular weight excluding hydrogens is 338 g/mol. The van der Waals surface area contributed by atoms with Crippen LogP contribution in [0.1, 0.15) is 67.4 Å². The Morgan fingerprint density at radius 3 is 2.44 bits per heavy atom. The summed E-state index contributed by atoms with van der Waals surface area (Å²) in [5.41, 5.74) is 0. The molecule has 0 aliphatic heterocycles. The summed E-state index contributed by atoms with van der Waals surface area (Å²) >= 11 is 1.41. The van der Waals surface area contributed by atoms with E-state index in [-0.39, 0.29) is 37.2 Å². The predicted octanol–water partition coefficient (Wildman–Crippen LogP) is 3.89. The van der Waals surface area contributed by atoms with E-state index in [0.29, 0.717) is 10.8 Å².